The van der Waals surface area contributed by atoms with Crippen molar-refractivity contribution in [2.24, 2.45) is 5.92 Å². The summed E-state index contributed by atoms with van der Waals surface area (Å²) >= 11 is 6.17. The number of hydrogen-bond donors (Lipinski definition) is 2. The van der Waals surface area contributed by atoms with Gasteiger partial charge in [-0.25, -0.2) is 4.79 Å². The van der Waals surface area contributed by atoms with E-state index in [1.165, 1.54) is 0 Å². The molecule has 1 aromatic carbocycles. The van der Waals surface area contributed by atoms with Crippen LogP contribution in [0.2, 0.25) is 5.02 Å². The highest BCUT2D eigenvalue weighted by atomic mass is 35.5. The minimum atomic E-state index is -0.111. The Morgan fingerprint density at radius 1 is 1.26 bits per heavy atom. The largest absolute Gasteiger partial charge is 0.335 e. The van der Waals surface area contributed by atoms with Gasteiger partial charge in [0.05, 0.1) is 6.04 Å². The summed E-state index contributed by atoms with van der Waals surface area (Å²) in [6.45, 7) is 9.70. The third kappa shape index (κ3) is 5.70. The molecule has 4 nitrogen and oxygen atoms in total. The van der Waals surface area contributed by atoms with E-state index in [0.29, 0.717) is 10.9 Å². The molecule has 0 bridgehead atoms. The molecule has 0 aromatic heterocycles. The van der Waals surface area contributed by atoms with E-state index in [1.807, 2.05) is 31.2 Å². The molecule has 0 spiro atoms. The molecule has 23 heavy (non-hydrogen) atoms. The Bertz CT molecular complexity index is 513. The zero-order valence-corrected chi connectivity index (χ0v) is 15.1. The van der Waals surface area contributed by atoms with Crippen molar-refractivity contribution in [3.05, 3.63) is 34.9 Å². The number of nitrogens with one attached hydrogen (secondary N) is 2. The Balaban J connectivity index is 1.76. The molecule has 1 heterocycles. The van der Waals surface area contributed by atoms with Gasteiger partial charge in [0.1, 0.15) is 0 Å². The summed E-state index contributed by atoms with van der Waals surface area (Å²) < 4.78 is 0. The van der Waals surface area contributed by atoms with E-state index in [2.05, 4.69) is 29.4 Å². The first-order valence-corrected chi connectivity index (χ1v) is 8.87. The number of nitrogens with zero attached hydrogens (tertiary/aromatic N) is 1. The molecular weight excluding hydrogens is 310 g/mol. The van der Waals surface area contributed by atoms with Crippen LogP contribution in [0.15, 0.2) is 24.3 Å². The molecule has 1 aromatic rings. The van der Waals surface area contributed by atoms with Crippen LogP contribution >= 0.6 is 11.6 Å². The van der Waals surface area contributed by atoms with Gasteiger partial charge in [0, 0.05) is 30.7 Å². The predicted octanol–water partition coefficient (Wildman–Crippen LogP) is 3.82. The van der Waals surface area contributed by atoms with Crippen LogP contribution in [0.4, 0.5) is 4.79 Å². The quantitative estimate of drug-likeness (QED) is 0.857. The van der Waals surface area contributed by atoms with Gasteiger partial charge in [-0.1, -0.05) is 43.6 Å². The maximum atomic E-state index is 12.2. The number of likely N-dealkylation sites (tertiary alicyclic amines) is 1. The van der Waals surface area contributed by atoms with Crippen LogP contribution in [0.5, 0.6) is 0 Å². The number of rotatable bonds is 5. The molecule has 2 amide bonds. The van der Waals surface area contributed by atoms with Crippen LogP contribution in [0.3, 0.4) is 0 Å². The molecule has 1 fully saturated rings. The van der Waals surface area contributed by atoms with Gasteiger partial charge in [-0.05, 0) is 37.3 Å². The Labute approximate surface area is 144 Å². The summed E-state index contributed by atoms with van der Waals surface area (Å²) in [7, 11) is 0. The summed E-state index contributed by atoms with van der Waals surface area (Å²) in [5.41, 5.74) is 0.941. The highest BCUT2D eigenvalue weighted by molar-refractivity contribution is 6.31. The normalized spacial score (nSPS) is 18.0. The number of carbonyl (C=O) groups is 1. The standard InChI is InChI=1S/C18H28ClN3O/c1-13(2)12-22-10-8-15(9-11-22)21-18(23)20-14(3)16-6-4-5-7-17(16)19/h4-7,13-15H,8-12H2,1-3H3,(H2,20,21,23). The van der Waals surface area contributed by atoms with E-state index in [0.717, 1.165) is 38.0 Å². The molecule has 1 aliphatic rings. The van der Waals surface area contributed by atoms with Gasteiger partial charge in [0.15, 0.2) is 0 Å². The second kappa shape index (κ2) is 8.55. The molecule has 2 N–H and O–H groups in total. The van der Waals surface area contributed by atoms with Gasteiger partial charge in [-0.3, -0.25) is 0 Å². The Kier molecular flexibility index (Phi) is 6.72. The molecule has 0 aliphatic carbocycles. The maximum Gasteiger partial charge on any atom is 0.315 e. The van der Waals surface area contributed by atoms with Crippen LogP contribution in [0, 0.1) is 5.92 Å². The van der Waals surface area contributed by atoms with Crippen molar-refractivity contribution in [3.63, 3.8) is 0 Å². The molecule has 0 saturated carbocycles. The highest BCUT2D eigenvalue weighted by Crippen LogP contribution is 2.22. The molecule has 1 unspecified atom stereocenters. The first-order valence-electron chi connectivity index (χ1n) is 8.49. The zero-order valence-electron chi connectivity index (χ0n) is 14.3. The average Bonchev–Trinajstić information content (AvgIpc) is 2.49. The van der Waals surface area contributed by atoms with Crippen LogP contribution < -0.4 is 10.6 Å². The second-order valence-electron chi connectivity index (χ2n) is 6.83. The van der Waals surface area contributed by atoms with Crippen LogP contribution in [-0.4, -0.2) is 36.6 Å². The Morgan fingerprint density at radius 3 is 2.52 bits per heavy atom. The smallest absolute Gasteiger partial charge is 0.315 e. The fourth-order valence-corrected chi connectivity index (χ4v) is 3.40. The zero-order chi connectivity index (χ0) is 16.8. The SMILES string of the molecule is CC(C)CN1CCC(NC(=O)NC(C)c2ccccc2Cl)CC1. The number of hydrogen-bond acceptors (Lipinski definition) is 2. The number of urea groups is 1. The highest BCUT2D eigenvalue weighted by Gasteiger charge is 2.21. The minimum absolute atomic E-state index is 0.107. The van der Waals surface area contributed by atoms with Crippen molar-refractivity contribution in [1.82, 2.24) is 15.5 Å². The molecule has 2 rings (SSSR count). The predicted molar refractivity (Wildman–Crippen MR) is 95.8 cm³/mol. The molecule has 1 saturated heterocycles. The summed E-state index contributed by atoms with van der Waals surface area (Å²) in [4.78, 5) is 14.7. The van der Waals surface area contributed by atoms with Gasteiger partial charge < -0.3 is 15.5 Å². The van der Waals surface area contributed by atoms with Crippen molar-refractivity contribution in [2.45, 2.75) is 45.7 Å². The lowest BCUT2D eigenvalue weighted by atomic mass is 10.0. The number of carbonyl (C=O) groups excluding carboxylic acids is 1. The number of benzene rings is 1. The van der Waals surface area contributed by atoms with E-state index in [4.69, 9.17) is 11.6 Å². The maximum absolute atomic E-state index is 12.2. The van der Waals surface area contributed by atoms with Crippen molar-refractivity contribution in [3.8, 4) is 0 Å². The van der Waals surface area contributed by atoms with Gasteiger partial charge >= 0.3 is 6.03 Å². The Hall–Kier alpha value is -1.26. The molecular formula is C18H28ClN3O. The minimum Gasteiger partial charge on any atom is -0.335 e. The fourth-order valence-electron chi connectivity index (χ4n) is 3.10. The first-order chi connectivity index (χ1) is 11.0. The monoisotopic (exact) mass is 337 g/mol. The third-order valence-electron chi connectivity index (χ3n) is 4.27. The van der Waals surface area contributed by atoms with Gasteiger partial charge in [-0.15, -0.1) is 0 Å². The van der Waals surface area contributed by atoms with Crippen LogP contribution in [0.1, 0.15) is 45.2 Å². The van der Waals surface area contributed by atoms with E-state index in [9.17, 15) is 4.79 Å². The summed E-state index contributed by atoms with van der Waals surface area (Å²) in [6.07, 6.45) is 2.03. The number of halogens is 1. The van der Waals surface area contributed by atoms with E-state index in [-0.39, 0.29) is 18.1 Å². The number of amides is 2. The lowest BCUT2D eigenvalue weighted by molar-refractivity contribution is 0.177. The average molecular weight is 338 g/mol. The van der Waals surface area contributed by atoms with Crippen molar-refractivity contribution >= 4 is 17.6 Å². The van der Waals surface area contributed by atoms with E-state index >= 15 is 0 Å². The van der Waals surface area contributed by atoms with Gasteiger partial charge in [-0.2, -0.15) is 0 Å². The Morgan fingerprint density at radius 2 is 1.91 bits per heavy atom. The lowest BCUT2D eigenvalue weighted by Gasteiger charge is -2.33. The van der Waals surface area contributed by atoms with Gasteiger partial charge in [0.25, 0.3) is 0 Å². The summed E-state index contributed by atoms with van der Waals surface area (Å²) in [6, 6.07) is 7.65. The summed E-state index contributed by atoms with van der Waals surface area (Å²) in [5.74, 6) is 0.694. The number of piperidine rings is 1. The molecule has 1 aliphatic heterocycles. The topological polar surface area (TPSA) is 44.4 Å². The van der Waals surface area contributed by atoms with Crippen molar-refractivity contribution < 1.29 is 4.79 Å². The lowest BCUT2D eigenvalue weighted by Crippen LogP contribution is -2.48. The summed E-state index contributed by atoms with van der Waals surface area (Å²) in [5, 5.41) is 6.76. The van der Waals surface area contributed by atoms with Crippen LogP contribution in [0.25, 0.3) is 0 Å². The molecule has 5 heteroatoms. The van der Waals surface area contributed by atoms with Crippen molar-refractivity contribution in [2.75, 3.05) is 19.6 Å². The second-order valence-corrected chi connectivity index (χ2v) is 7.24. The molecule has 1 atom stereocenters. The first kappa shape index (κ1) is 18.1. The molecule has 128 valence electrons. The molecule has 0 radical (unpaired) electrons. The van der Waals surface area contributed by atoms with E-state index < -0.39 is 0 Å². The fraction of sp³-hybridized carbons (Fsp3) is 0.611. The van der Waals surface area contributed by atoms with E-state index in [1.54, 1.807) is 0 Å². The van der Waals surface area contributed by atoms with Crippen LogP contribution in [-0.2, 0) is 0 Å². The van der Waals surface area contributed by atoms with Crippen molar-refractivity contribution in [1.29, 1.82) is 0 Å². The third-order valence-corrected chi connectivity index (χ3v) is 4.61. The van der Waals surface area contributed by atoms with Gasteiger partial charge in [0.2, 0.25) is 0 Å².